The number of carbonyl (C=O) groups excluding carboxylic acids is 2. The van der Waals surface area contributed by atoms with Gasteiger partial charge >= 0.3 is 6.09 Å². The van der Waals surface area contributed by atoms with E-state index in [1.54, 1.807) is 13.0 Å². The molecule has 9 heteroatoms. The van der Waals surface area contributed by atoms with Crippen molar-refractivity contribution in [3.63, 3.8) is 0 Å². The van der Waals surface area contributed by atoms with Crippen LogP contribution in [0.3, 0.4) is 0 Å². The molecule has 1 saturated carbocycles. The van der Waals surface area contributed by atoms with Crippen LogP contribution >= 0.6 is 0 Å². The van der Waals surface area contributed by atoms with Gasteiger partial charge in [-0.3, -0.25) is 9.59 Å². The van der Waals surface area contributed by atoms with Crippen LogP contribution in [0.25, 0.3) is 0 Å². The predicted molar refractivity (Wildman–Crippen MR) is 102 cm³/mol. The van der Waals surface area contributed by atoms with Crippen LogP contribution in [0.4, 0.5) is 4.79 Å². The summed E-state index contributed by atoms with van der Waals surface area (Å²) in [4.78, 5) is 35.2. The third-order valence-electron chi connectivity index (χ3n) is 5.19. The van der Waals surface area contributed by atoms with Gasteiger partial charge in [-0.25, -0.2) is 4.79 Å². The van der Waals surface area contributed by atoms with Crippen molar-refractivity contribution < 1.29 is 24.0 Å². The van der Waals surface area contributed by atoms with E-state index in [0.717, 1.165) is 25.7 Å². The number of carboxylic acid groups (broad SMARTS) is 1. The Kier molecular flexibility index (Phi) is 7.83. The second-order valence-electron chi connectivity index (χ2n) is 7.41. The summed E-state index contributed by atoms with van der Waals surface area (Å²) in [5.74, 6) is 0.520. The first-order valence-corrected chi connectivity index (χ1v) is 9.87. The zero-order valence-corrected chi connectivity index (χ0v) is 16.7. The van der Waals surface area contributed by atoms with Crippen molar-refractivity contribution in [2.24, 2.45) is 5.92 Å². The number of aryl methyl sites for hydroxylation is 1. The largest absolute Gasteiger partial charge is 0.465 e. The van der Waals surface area contributed by atoms with Gasteiger partial charge in [-0.1, -0.05) is 25.4 Å². The third kappa shape index (κ3) is 6.24. The van der Waals surface area contributed by atoms with E-state index in [1.165, 1.54) is 0 Å². The average molecular weight is 394 g/mol. The number of aromatic nitrogens is 1. The van der Waals surface area contributed by atoms with Gasteiger partial charge in [0.2, 0.25) is 5.91 Å². The molecule has 0 saturated heterocycles. The van der Waals surface area contributed by atoms with E-state index in [4.69, 9.17) is 9.63 Å². The Morgan fingerprint density at radius 1 is 1.29 bits per heavy atom. The maximum Gasteiger partial charge on any atom is 0.404 e. The van der Waals surface area contributed by atoms with E-state index in [1.807, 2.05) is 6.92 Å². The summed E-state index contributed by atoms with van der Waals surface area (Å²) in [6.45, 7) is 5.66. The van der Waals surface area contributed by atoms with Crippen molar-refractivity contribution in [1.29, 1.82) is 0 Å². The third-order valence-corrected chi connectivity index (χ3v) is 5.19. The van der Waals surface area contributed by atoms with Gasteiger partial charge in [-0.05, 0) is 32.1 Å². The minimum absolute atomic E-state index is 0.0278. The maximum atomic E-state index is 12.4. The fourth-order valence-electron chi connectivity index (χ4n) is 3.69. The highest BCUT2D eigenvalue weighted by Crippen LogP contribution is 2.28. The van der Waals surface area contributed by atoms with Crippen LogP contribution in [0, 0.1) is 5.92 Å². The molecule has 156 valence electrons. The lowest BCUT2D eigenvalue weighted by molar-refractivity contribution is -0.122. The van der Waals surface area contributed by atoms with Gasteiger partial charge in [0.25, 0.3) is 5.91 Å². The lowest BCUT2D eigenvalue weighted by Gasteiger charge is -2.36. The van der Waals surface area contributed by atoms with Crippen LogP contribution in [0.5, 0.6) is 0 Å². The first kappa shape index (κ1) is 21.7. The first-order chi connectivity index (χ1) is 13.3. The topological polar surface area (TPSA) is 134 Å². The minimum Gasteiger partial charge on any atom is -0.465 e. The molecule has 1 aliphatic carbocycles. The Balaban J connectivity index is 1.84. The molecule has 3 amide bonds. The Morgan fingerprint density at radius 3 is 2.64 bits per heavy atom. The van der Waals surface area contributed by atoms with E-state index in [-0.39, 0.29) is 36.2 Å². The van der Waals surface area contributed by atoms with Crippen LogP contribution in [-0.4, -0.2) is 46.3 Å². The molecule has 28 heavy (non-hydrogen) atoms. The van der Waals surface area contributed by atoms with Crippen molar-refractivity contribution in [3.8, 4) is 0 Å². The molecule has 4 atom stereocenters. The molecule has 1 heterocycles. The Hall–Kier alpha value is -2.58. The van der Waals surface area contributed by atoms with Gasteiger partial charge in [0.1, 0.15) is 5.76 Å². The van der Waals surface area contributed by atoms with Crippen molar-refractivity contribution in [2.45, 2.75) is 77.4 Å². The summed E-state index contributed by atoms with van der Waals surface area (Å²) in [6, 6.07) is 1.28. The van der Waals surface area contributed by atoms with Crippen molar-refractivity contribution in [3.05, 3.63) is 17.5 Å². The maximum absolute atomic E-state index is 12.4. The van der Waals surface area contributed by atoms with Crippen molar-refractivity contribution in [2.75, 3.05) is 0 Å². The number of nitrogens with one attached hydrogen (secondary N) is 3. The molecule has 0 radical (unpaired) electrons. The summed E-state index contributed by atoms with van der Waals surface area (Å²) in [5, 5.41) is 20.8. The Labute approximate surface area is 164 Å². The fraction of sp³-hybridized carbons (Fsp3) is 0.684. The second-order valence-corrected chi connectivity index (χ2v) is 7.41. The van der Waals surface area contributed by atoms with E-state index in [2.05, 4.69) is 28.0 Å². The summed E-state index contributed by atoms with van der Waals surface area (Å²) >= 11 is 0. The monoisotopic (exact) mass is 394 g/mol. The normalized spacial score (nSPS) is 22.9. The SMILES string of the molecule is CCc1cc(C(=O)N[C@@H]2CC[C@@H](NC(=O)C[C@@H](C)NC(=O)O)C[C@@H]2CC)no1. The van der Waals surface area contributed by atoms with Crippen LogP contribution in [0.2, 0.25) is 0 Å². The van der Waals surface area contributed by atoms with Gasteiger partial charge in [0.05, 0.1) is 0 Å². The Bertz CT molecular complexity index is 690. The minimum atomic E-state index is -1.14. The number of carbonyl (C=O) groups is 3. The van der Waals surface area contributed by atoms with Crippen LogP contribution < -0.4 is 16.0 Å². The second kappa shape index (κ2) is 10.1. The molecule has 0 aliphatic heterocycles. The van der Waals surface area contributed by atoms with Crippen molar-refractivity contribution in [1.82, 2.24) is 21.1 Å². The summed E-state index contributed by atoms with van der Waals surface area (Å²) in [5.41, 5.74) is 0.294. The lowest BCUT2D eigenvalue weighted by Crippen LogP contribution is -2.49. The quantitative estimate of drug-likeness (QED) is 0.533. The zero-order valence-electron chi connectivity index (χ0n) is 16.7. The van der Waals surface area contributed by atoms with E-state index >= 15 is 0 Å². The molecule has 0 aromatic carbocycles. The average Bonchev–Trinajstić information content (AvgIpc) is 3.11. The zero-order chi connectivity index (χ0) is 20.7. The summed E-state index contributed by atoms with van der Waals surface area (Å²) < 4.78 is 5.09. The van der Waals surface area contributed by atoms with E-state index in [9.17, 15) is 14.4 Å². The summed E-state index contributed by atoms with van der Waals surface area (Å²) in [6.07, 6.45) is 2.82. The smallest absolute Gasteiger partial charge is 0.404 e. The molecule has 1 aromatic rings. The molecule has 4 N–H and O–H groups in total. The molecule has 0 spiro atoms. The number of nitrogens with zero attached hydrogens (tertiary/aromatic N) is 1. The van der Waals surface area contributed by atoms with Crippen LogP contribution in [-0.2, 0) is 11.2 Å². The molecule has 9 nitrogen and oxygen atoms in total. The number of amides is 3. The molecule has 1 fully saturated rings. The molecular weight excluding hydrogens is 364 g/mol. The molecular formula is C19H30N4O5. The molecule has 0 unspecified atom stereocenters. The van der Waals surface area contributed by atoms with Crippen LogP contribution in [0.1, 0.15) is 69.1 Å². The number of hydrogen-bond donors (Lipinski definition) is 4. The lowest BCUT2D eigenvalue weighted by atomic mass is 9.80. The van der Waals surface area contributed by atoms with Crippen molar-refractivity contribution >= 4 is 17.9 Å². The number of rotatable bonds is 8. The highest BCUT2D eigenvalue weighted by Gasteiger charge is 2.32. The molecule has 1 aliphatic rings. The highest BCUT2D eigenvalue weighted by molar-refractivity contribution is 5.92. The predicted octanol–water partition coefficient (Wildman–Crippen LogP) is 2.08. The fourth-order valence-corrected chi connectivity index (χ4v) is 3.69. The molecule has 1 aromatic heterocycles. The summed E-state index contributed by atoms with van der Waals surface area (Å²) in [7, 11) is 0. The molecule has 2 rings (SSSR count). The first-order valence-electron chi connectivity index (χ1n) is 9.87. The molecule has 0 bridgehead atoms. The van der Waals surface area contributed by atoms with E-state index < -0.39 is 12.1 Å². The number of hydrogen-bond acceptors (Lipinski definition) is 5. The van der Waals surface area contributed by atoms with Gasteiger partial charge in [0.15, 0.2) is 5.69 Å². The van der Waals surface area contributed by atoms with Gasteiger partial charge in [0, 0.05) is 37.0 Å². The van der Waals surface area contributed by atoms with Gasteiger partial charge in [-0.2, -0.15) is 0 Å². The van der Waals surface area contributed by atoms with E-state index in [0.29, 0.717) is 17.9 Å². The standard InChI is InChI=1S/C19H30N4O5/c1-4-12-9-13(21-17(24)8-11(3)20-19(26)27)6-7-15(12)22-18(25)16-10-14(5-2)28-23-16/h10-13,15,20H,4-9H2,1-3H3,(H,21,24)(H,22,25)(H,26,27)/t11-,12+,13-,15-/m1/s1. The van der Waals surface area contributed by atoms with Gasteiger partial charge in [-0.15, -0.1) is 0 Å². The van der Waals surface area contributed by atoms with Gasteiger partial charge < -0.3 is 25.6 Å². The van der Waals surface area contributed by atoms with Crippen LogP contribution in [0.15, 0.2) is 10.6 Å². The highest BCUT2D eigenvalue weighted by atomic mass is 16.5. The Morgan fingerprint density at radius 2 is 2.04 bits per heavy atom.